The number of benzene rings is 1. The molecular formula is C11H17O6PS. The minimum Gasteiger partial charge on any atom is -0.383 e. The van der Waals surface area contributed by atoms with E-state index in [2.05, 4.69) is 0 Å². The highest BCUT2D eigenvalue weighted by Crippen LogP contribution is 2.46. The summed E-state index contributed by atoms with van der Waals surface area (Å²) in [4.78, 5) is 0. The van der Waals surface area contributed by atoms with Crippen molar-refractivity contribution in [1.82, 2.24) is 0 Å². The van der Waals surface area contributed by atoms with Gasteiger partial charge >= 0.3 is 17.7 Å². The molecule has 0 unspecified atom stereocenters. The summed E-state index contributed by atoms with van der Waals surface area (Å²) in [7, 11) is -6.93. The average molecular weight is 308 g/mol. The van der Waals surface area contributed by atoms with Crippen molar-refractivity contribution in [3.8, 4) is 5.75 Å². The lowest BCUT2D eigenvalue weighted by Gasteiger charge is -2.17. The first-order valence-electron chi connectivity index (χ1n) is 5.70. The molecule has 0 aliphatic rings. The highest BCUT2D eigenvalue weighted by molar-refractivity contribution is 7.86. The van der Waals surface area contributed by atoms with E-state index in [9.17, 15) is 13.0 Å². The lowest BCUT2D eigenvalue weighted by atomic mass is 10.3. The minimum absolute atomic E-state index is 0.144. The van der Waals surface area contributed by atoms with Gasteiger partial charge in [0.25, 0.3) is 0 Å². The lowest BCUT2D eigenvalue weighted by Crippen LogP contribution is -2.11. The van der Waals surface area contributed by atoms with Crippen LogP contribution in [-0.4, -0.2) is 27.9 Å². The van der Waals surface area contributed by atoms with E-state index in [0.717, 1.165) is 6.26 Å². The molecule has 0 atom stereocenters. The molecule has 0 saturated heterocycles. The Bertz CT molecular complexity index is 541. The zero-order valence-electron chi connectivity index (χ0n) is 11.0. The van der Waals surface area contributed by atoms with E-state index in [4.69, 9.17) is 13.2 Å². The van der Waals surface area contributed by atoms with Crippen LogP contribution in [0.2, 0.25) is 0 Å². The largest absolute Gasteiger partial charge is 0.383 e. The molecule has 0 bridgehead atoms. The predicted molar refractivity (Wildman–Crippen MR) is 72.4 cm³/mol. The van der Waals surface area contributed by atoms with Crippen molar-refractivity contribution in [2.24, 2.45) is 0 Å². The summed E-state index contributed by atoms with van der Waals surface area (Å²) in [6.45, 7) is 3.93. The molecule has 0 aliphatic carbocycles. The van der Waals surface area contributed by atoms with E-state index >= 15 is 0 Å². The third-order valence-electron chi connectivity index (χ3n) is 2.00. The molecule has 0 heterocycles. The standard InChI is InChI=1S/C11H17O6PS/c1-4-15-18(12,16-5-2)11-8-6-10(7-9-11)17-19(3,13)14/h6-9H,4-5H2,1-3H3. The average Bonchev–Trinajstić information content (AvgIpc) is 2.28. The fourth-order valence-electron chi connectivity index (χ4n) is 1.39. The number of hydrogen-bond acceptors (Lipinski definition) is 6. The Balaban J connectivity index is 2.99. The van der Waals surface area contributed by atoms with Crippen LogP contribution in [0.5, 0.6) is 5.75 Å². The summed E-state index contributed by atoms with van der Waals surface area (Å²) < 4.78 is 49.4. The second-order valence-electron chi connectivity index (χ2n) is 3.61. The molecule has 8 heteroatoms. The van der Waals surface area contributed by atoms with Gasteiger partial charge in [-0.15, -0.1) is 0 Å². The minimum atomic E-state index is -3.58. The van der Waals surface area contributed by atoms with Gasteiger partial charge < -0.3 is 13.2 Å². The van der Waals surface area contributed by atoms with Gasteiger partial charge in [-0.1, -0.05) is 0 Å². The molecule has 19 heavy (non-hydrogen) atoms. The fraction of sp³-hybridized carbons (Fsp3) is 0.455. The fourth-order valence-corrected chi connectivity index (χ4v) is 3.41. The van der Waals surface area contributed by atoms with E-state index < -0.39 is 17.7 Å². The van der Waals surface area contributed by atoms with Gasteiger partial charge in [-0.3, -0.25) is 4.57 Å². The first kappa shape index (κ1) is 16.2. The van der Waals surface area contributed by atoms with Crippen molar-refractivity contribution in [2.75, 3.05) is 19.5 Å². The van der Waals surface area contributed by atoms with E-state index in [1.807, 2.05) is 0 Å². The highest BCUT2D eigenvalue weighted by Gasteiger charge is 2.26. The van der Waals surface area contributed by atoms with E-state index in [0.29, 0.717) is 5.30 Å². The summed E-state index contributed by atoms with van der Waals surface area (Å²) in [5.41, 5.74) is 0. The smallest absolute Gasteiger partial charge is 0.361 e. The van der Waals surface area contributed by atoms with Crippen molar-refractivity contribution < 1.29 is 26.2 Å². The summed E-state index contributed by atoms with van der Waals surface area (Å²) in [6, 6.07) is 5.74. The molecule has 0 aliphatic heterocycles. The Morgan fingerprint density at radius 2 is 1.53 bits per heavy atom. The van der Waals surface area contributed by atoms with Gasteiger partial charge in [-0.2, -0.15) is 8.42 Å². The molecule has 0 radical (unpaired) electrons. The quantitative estimate of drug-likeness (QED) is 0.565. The van der Waals surface area contributed by atoms with Crippen LogP contribution in [-0.2, 0) is 23.7 Å². The maximum absolute atomic E-state index is 12.4. The maximum Gasteiger partial charge on any atom is 0.361 e. The van der Waals surface area contributed by atoms with Crippen molar-refractivity contribution >= 4 is 23.0 Å². The second-order valence-corrected chi connectivity index (χ2v) is 7.22. The van der Waals surface area contributed by atoms with Crippen molar-refractivity contribution in [2.45, 2.75) is 13.8 Å². The monoisotopic (exact) mass is 308 g/mol. The molecule has 0 N–H and O–H groups in total. The molecule has 0 fully saturated rings. The van der Waals surface area contributed by atoms with Gasteiger partial charge in [0.05, 0.1) is 24.8 Å². The molecule has 108 valence electrons. The van der Waals surface area contributed by atoms with Crippen LogP contribution in [0, 0.1) is 0 Å². The van der Waals surface area contributed by atoms with Crippen LogP contribution in [0.3, 0.4) is 0 Å². The van der Waals surface area contributed by atoms with E-state index in [-0.39, 0.29) is 19.0 Å². The van der Waals surface area contributed by atoms with Crippen molar-refractivity contribution in [3.63, 3.8) is 0 Å². The maximum atomic E-state index is 12.4. The SMILES string of the molecule is CCOP(=O)(OCC)c1ccc(OS(C)(=O)=O)cc1. The Hall–Kier alpha value is -0.880. The van der Waals surface area contributed by atoms with Crippen molar-refractivity contribution in [3.05, 3.63) is 24.3 Å². The molecule has 0 amide bonds. The summed E-state index contributed by atoms with van der Waals surface area (Å²) in [6.07, 6.45) is 0.951. The number of hydrogen-bond donors (Lipinski definition) is 0. The van der Waals surface area contributed by atoms with Crippen LogP contribution in [0.15, 0.2) is 24.3 Å². The van der Waals surface area contributed by atoms with Crippen LogP contribution >= 0.6 is 7.60 Å². The summed E-state index contributed by atoms with van der Waals surface area (Å²) in [5.74, 6) is 0.144. The van der Waals surface area contributed by atoms with Gasteiger partial charge in [-0.05, 0) is 38.1 Å². The molecule has 1 aromatic rings. The molecule has 0 spiro atoms. The molecule has 1 rings (SSSR count). The van der Waals surface area contributed by atoms with E-state index in [1.165, 1.54) is 24.3 Å². The number of rotatable bonds is 7. The van der Waals surface area contributed by atoms with Crippen LogP contribution in [0.25, 0.3) is 0 Å². The Morgan fingerprint density at radius 3 is 1.89 bits per heavy atom. The van der Waals surface area contributed by atoms with Gasteiger partial charge in [-0.25, -0.2) is 0 Å². The molecule has 6 nitrogen and oxygen atoms in total. The highest BCUT2D eigenvalue weighted by atomic mass is 32.2. The topological polar surface area (TPSA) is 78.9 Å². The normalized spacial score (nSPS) is 12.4. The predicted octanol–water partition coefficient (Wildman–Crippen LogP) is 1.92. The zero-order valence-corrected chi connectivity index (χ0v) is 12.7. The van der Waals surface area contributed by atoms with Crippen LogP contribution in [0.4, 0.5) is 0 Å². The van der Waals surface area contributed by atoms with Crippen molar-refractivity contribution in [1.29, 1.82) is 0 Å². The Labute approximate surface area is 113 Å². The lowest BCUT2D eigenvalue weighted by molar-refractivity contribution is 0.230. The van der Waals surface area contributed by atoms with Gasteiger partial charge in [0, 0.05) is 0 Å². The zero-order chi connectivity index (χ0) is 14.5. The first-order valence-corrected chi connectivity index (χ1v) is 9.06. The van der Waals surface area contributed by atoms with Gasteiger partial charge in [0.15, 0.2) is 0 Å². The molecule has 1 aromatic carbocycles. The first-order chi connectivity index (χ1) is 8.80. The van der Waals surface area contributed by atoms with Gasteiger partial charge in [0.2, 0.25) is 0 Å². The van der Waals surface area contributed by atoms with Gasteiger partial charge in [0.1, 0.15) is 5.75 Å². The molecule has 0 aromatic heterocycles. The Morgan fingerprint density at radius 1 is 1.05 bits per heavy atom. The molecular weight excluding hydrogens is 291 g/mol. The van der Waals surface area contributed by atoms with Crippen LogP contribution in [0.1, 0.15) is 13.8 Å². The summed E-state index contributed by atoms with van der Waals surface area (Å²) >= 11 is 0. The third kappa shape index (κ3) is 4.95. The second kappa shape index (κ2) is 6.52. The third-order valence-corrected chi connectivity index (χ3v) is 4.62. The van der Waals surface area contributed by atoms with E-state index in [1.54, 1.807) is 13.8 Å². The Kier molecular flexibility index (Phi) is 5.55. The van der Waals surface area contributed by atoms with Crippen LogP contribution < -0.4 is 9.49 Å². The molecule has 0 saturated carbocycles. The summed E-state index contributed by atoms with van der Waals surface area (Å²) in [5, 5.41) is 0.358.